The molecular weight excluding hydrogens is 382 g/mol. The third-order valence-electron chi connectivity index (χ3n) is 4.98. The number of benzene rings is 1. The van der Waals surface area contributed by atoms with E-state index in [-0.39, 0.29) is 4.90 Å². The van der Waals surface area contributed by atoms with Crippen LogP contribution in [0.25, 0.3) is 0 Å². The van der Waals surface area contributed by atoms with E-state index < -0.39 is 40.1 Å². The second kappa shape index (κ2) is 9.17. The molecule has 1 saturated carbocycles. The standard InChI is InChI=1S/C19H25N3O5S/c1-15(21-28(25,26)16-9-5-3-6-10-16)18(24)27-13-17(23)22(2)19(14-20)11-7-4-8-12-19/h3,5-6,9-10,15,21H,4,7-8,11-13H2,1-2H3/t15-/m0/s1. The first-order chi connectivity index (χ1) is 13.2. The molecule has 8 nitrogen and oxygen atoms in total. The highest BCUT2D eigenvalue weighted by molar-refractivity contribution is 7.89. The average molecular weight is 407 g/mol. The number of nitriles is 1. The Hall–Kier alpha value is -2.44. The molecule has 0 bridgehead atoms. The maximum Gasteiger partial charge on any atom is 0.324 e. The molecule has 9 heteroatoms. The number of rotatable bonds is 7. The van der Waals surface area contributed by atoms with Crippen molar-refractivity contribution >= 4 is 21.9 Å². The molecule has 152 valence electrons. The van der Waals surface area contributed by atoms with Gasteiger partial charge < -0.3 is 9.64 Å². The summed E-state index contributed by atoms with van der Waals surface area (Å²) in [5.74, 6) is -1.36. The number of ether oxygens (including phenoxy) is 1. The maximum absolute atomic E-state index is 12.4. The molecular formula is C19H25N3O5S. The first-order valence-corrected chi connectivity index (χ1v) is 10.6. The van der Waals surface area contributed by atoms with Crippen LogP contribution in [0.4, 0.5) is 0 Å². The summed E-state index contributed by atoms with van der Waals surface area (Å²) in [6, 6.07) is 8.70. The smallest absolute Gasteiger partial charge is 0.324 e. The molecule has 1 N–H and O–H groups in total. The van der Waals surface area contributed by atoms with Gasteiger partial charge in [0.2, 0.25) is 10.0 Å². The quantitative estimate of drug-likeness (QED) is 0.686. The molecule has 0 spiro atoms. The second-order valence-corrected chi connectivity index (χ2v) is 8.63. The zero-order chi connectivity index (χ0) is 20.8. The number of esters is 1. The number of likely N-dealkylation sites (N-methyl/N-ethyl adjacent to an activating group) is 1. The Kier molecular flexibility index (Phi) is 7.16. The number of nitrogens with one attached hydrogen (secondary N) is 1. The van der Waals surface area contributed by atoms with Crippen LogP contribution in [0.1, 0.15) is 39.0 Å². The Morgan fingerprint density at radius 2 is 1.86 bits per heavy atom. The van der Waals surface area contributed by atoms with Crippen LogP contribution in [-0.2, 0) is 24.3 Å². The molecule has 0 aliphatic heterocycles. The summed E-state index contributed by atoms with van der Waals surface area (Å²) < 4.78 is 31.7. The van der Waals surface area contributed by atoms with Crippen LogP contribution in [0, 0.1) is 11.3 Å². The van der Waals surface area contributed by atoms with Crippen molar-refractivity contribution in [2.45, 2.75) is 55.5 Å². The Morgan fingerprint density at radius 1 is 1.25 bits per heavy atom. The zero-order valence-corrected chi connectivity index (χ0v) is 16.9. The minimum absolute atomic E-state index is 0.0266. The summed E-state index contributed by atoms with van der Waals surface area (Å²) >= 11 is 0. The molecule has 1 atom stereocenters. The van der Waals surface area contributed by atoms with Gasteiger partial charge in [0.15, 0.2) is 6.61 Å². The van der Waals surface area contributed by atoms with Crippen LogP contribution in [0.5, 0.6) is 0 Å². The minimum atomic E-state index is -3.88. The molecule has 1 amide bonds. The van der Waals surface area contributed by atoms with E-state index in [1.165, 1.54) is 31.0 Å². The Bertz CT molecular complexity index is 842. The number of carbonyl (C=O) groups is 2. The first-order valence-electron chi connectivity index (χ1n) is 9.14. The van der Waals surface area contributed by atoms with Gasteiger partial charge in [0.25, 0.3) is 5.91 Å². The number of nitrogens with zero attached hydrogens (tertiary/aromatic N) is 2. The largest absolute Gasteiger partial charge is 0.454 e. The Morgan fingerprint density at radius 3 is 2.43 bits per heavy atom. The van der Waals surface area contributed by atoms with Crippen molar-refractivity contribution in [3.63, 3.8) is 0 Å². The molecule has 2 rings (SSSR count). The third kappa shape index (κ3) is 5.09. The normalized spacial score (nSPS) is 17.2. The van der Waals surface area contributed by atoms with Gasteiger partial charge in [0.1, 0.15) is 11.6 Å². The van der Waals surface area contributed by atoms with E-state index in [2.05, 4.69) is 10.8 Å². The van der Waals surface area contributed by atoms with E-state index in [9.17, 15) is 23.3 Å². The van der Waals surface area contributed by atoms with Gasteiger partial charge >= 0.3 is 5.97 Å². The van der Waals surface area contributed by atoms with Gasteiger partial charge in [-0.15, -0.1) is 0 Å². The van der Waals surface area contributed by atoms with E-state index in [0.717, 1.165) is 19.3 Å². The van der Waals surface area contributed by atoms with Crippen molar-refractivity contribution in [1.82, 2.24) is 9.62 Å². The highest BCUT2D eigenvalue weighted by Crippen LogP contribution is 2.32. The fraction of sp³-hybridized carbons (Fsp3) is 0.526. The SMILES string of the molecule is C[C@H](NS(=O)(=O)c1ccccc1)C(=O)OCC(=O)N(C)C1(C#N)CCCCC1. The van der Waals surface area contributed by atoms with Crippen LogP contribution in [0.2, 0.25) is 0 Å². The summed E-state index contributed by atoms with van der Waals surface area (Å²) in [4.78, 5) is 25.9. The summed E-state index contributed by atoms with van der Waals surface area (Å²) in [7, 11) is -2.35. The minimum Gasteiger partial charge on any atom is -0.454 e. The molecule has 1 aliphatic rings. The summed E-state index contributed by atoms with van der Waals surface area (Å²) in [5, 5.41) is 9.53. The lowest BCUT2D eigenvalue weighted by Crippen LogP contribution is -2.51. The van der Waals surface area contributed by atoms with Gasteiger partial charge in [0.05, 0.1) is 11.0 Å². The second-order valence-electron chi connectivity index (χ2n) is 6.92. The summed E-state index contributed by atoms with van der Waals surface area (Å²) in [5.41, 5.74) is -0.873. The molecule has 28 heavy (non-hydrogen) atoms. The highest BCUT2D eigenvalue weighted by Gasteiger charge is 2.39. The fourth-order valence-corrected chi connectivity index (χ4v) is 4.41. The number of sulfonamides is 1. The number of amides is 1. The van der Waals surface area contributed by atoms with Gasteiger partial charge in [0, 0.05) is 7.05 Å². The van der Waals surface area contributed by atoms with Crippen molar-refractivity contribution in [2.75, 3.05) is 13.7 Å². The van der Waals surface area contributed by atoms with Gasteiger partial charge in [-0.05, 0) is 31.9 Å². The summed E-state index contributed by atoms with van der Waals surface area (Å²) in [6.45, 7) is 0.797. The van der Waals surface area contributed by atoms with E-state index >= 15 is 0 Å². The molecule has 0 heterocycles. The van der Waals surface area contributed by atoms with Crippen LogP contribution in [0.15, 0.2) is 35.2 Å². The third-order valence-corrected chi connectivity index (χ3v) is 6.54. The molecule has 0 unspecified atom stereocenters. The lowest BCUT2D eigenvalue weighted by atomic mass is 9.81. The lowest BCUT2D eigenvalue weighted by molar-refractivity contribution is -0.154. The predicted octanol–water partition coefficient (Wildman–Crippen LogP) is 1.58. The number of carbonyl (C=O) groups excluding carboxylic acids is 2. The monoisotopic (exact) mass is 407 g/mol. The van der Waals surface area contributed by atoms with Gasteiger partial charge in [-0.25, -0.2) is 8.42 Å². The van der Waals surface area contributed by atoms with Crippen molar-refractivity contribution in [3.8, 4) is 6.07 Å². The van der Waals surface area contributed by atoms with Gasteiger partial charge in [-0.2, -0.15) is 9.98 Å². The lowest BCUT2D eigenvalue weighted by Gasteiger charge is -2.38. The van der Waals surface area contributed by atoms with E-state index in [4.69, 9.17) is 4.74 Å². The molecule has 1 aromatic carbocycles. The first kappa shape index (κ1) is 21.9. The molecule has 0 saturated heterocycles. The summed E-state index contributed by atoms with van der Waals surface area (Å²) in [6.07, 6.45) is 3.94. The van der Waals surface area contributed by atoms with E-state index in [1.54, 1.807) is 18.2 Å². The topological polar surface area (TPSA) is 117 Å². The highest BCUT2D eigenvalue weighted by atomic mass is 32.2. The molecule has 1 aromatic rings. The molecule has 1 aliphatic carbocycles. The van der Waals surface area contributed by atoms with Gasteiger partial charge in [-0.1, -0.05) is 37.5 Å². The van der Waals surface area contributed by atoms with Crippen LogP contribution in [-0.4, -0.2) is 50.4 Å². The van der Waals surface area contributed by atoms with Crippen molar-refractivity contribution in [1.29, 1.82) is 5.26 Å². The van der Waals surface area contributed by atoms with Crippen LogP contribution < -0.4 is 4.72 Å². The Labute approximate surface area is 165 Å². The zero-order valence-electron chi connectivity index (χ0n) is 16.1. The van der Waals surface area contributed by atoms with Crippen molar-refractivity contribution < 1.29 is 22.7 Å². The molecule has 0 radical (unpaired) electrons. The molecule has 0 aromatic heterocycles. The predicted molar refractivity (Wildman–Crippen MR) is 101 cm³/mol. The van der Waals surface area contributed by atoms with Crippen molar-refractivity contribution in [2.24, 2.45) is 0 Å². The molecule has 1 fully saturated rings. The number of hydrogen-bond donors (Lipinski definition) is 1. The van der Waals surface area contributed by atoms with Crippen molar-refractivity contribution in [3.05, 3.63) is 30.3 Å². The number of hydrogen-bond acceptors (Lipinski definition) is 6. The van der Waals surface area contributed by atoms with E-state index in [0.29, 0.717) is 12.8 Å². The van der Waals surface area contributed by atoms with Gasteiger partial charge in [-0.3, -0.25) is 9.59 Å². The van der Waals surface area contributed by atoms with Crippen LogP contribution in [0.3, 0.4) is 0 Å². The average Bonchev–Trinajstić information content (AvgIpc) is 2.71. The van der Waals surface area contributed by atoms with Crippen LogP contribution >= 0.6 is 0 Å². The maximum atomic E-state index is 12.4. The van der Waals surface area contributed by atoms with E-state index in [1.807, 2.05) is 0 Å². The fourth-order valence-electron chi connectivity index (χ4n) is 3.20. The Balaban J connectivity index is 1.92.